The van der Waals surface area contributed by atoms with E-state index < -0.39 is 0 Å². The molecule has 1 aromatic heterocycles. The second-order valence-corrected chi connectivity index (χ2v) is 5.91. The molecule has 0 radical (unpaired) electrons. The summed E-state index contributed by atoms with van der Waals surface area (Å²) in [5.41, 5.74) is 2.86. The van der Waals surface area contributed by atoms with Crippen molar-refractivity contribution in [3.05, 3.63) is 72.1 Å². The molecule has 2 nitrogen and oxygen atoms in total. The van der Waals surface area contributed by atoms with E-state index in [0.717, 1.165) is 19.6 Å². The topological polar surface area (TPSA) is 8.17 Å². The Kier molecular flexibility index (Phi) is 3.04. The van der Waals surface area contributed by atoms with E-state index in [2.05, 4.69) is 77.2 Å². The summed E-state index contributed by atoms with van der Waals surface area (Å²) in [6.45, 7) is 5.55. The van der Waals surface area contributed by atoms with E-state index in [4.69, 9.17) is 0 Å². The number of benzene rings is 2. The molecule has 0 bridgehead atoms. The summed E-state index contributed by atoms with van der Waals surface area (Å²) in [6.07, 6.45) is 2.20. The number of nitrogens with zero attached hydrogens (tertiary/aromatic N) is 2. The van der Waals surface area contributed by atoms with Gasteiger partial charge in [0.05, 0.1) is 0 Å². The Morgan fingerprint density at radius 3 is 2.76 bits per heavy atom. The highest BCUT2D eigenvalue weighted by Crippen LogP contribution is 2.28. The molecule has 0 N–H and O–H groups in total. The quantitative estimate of drug-likeness (QED) is 0.680. The van der Waals surface area contributed by atoms with Crippen molar-refractivity contribution in [3.63, 3.8) is 0 Å². The van der Waals surface area contributed by atoms with Crippen molar-refractivity contribution in [1.29, 1.82) is 0 Å². The molecule has 0 fully saturated rings. The smallest absolute Gasteiger partial charge is 0.0476 e. The lowest BCUT2D eigenvalue weighted by Gasteiger charge is -2.35. The van der Waals surface area contributed by atoms with E-state index in [9.17, 15) is 0 Å². The highest BCUT2D eigenvalue weighted by atomic mass is 15.2. The predicted octanol–water partition coefficient (Wildman–Crippen LogP) is 4.22. The van der Waals surface area contributed by atoms with Crippen LogP contribution in [0.3, 0.4) is 0 Å². The summed E-state index contributed by atoms with van der Waals surface area (Å²) < 4.78 is 2.38. The first-order chi connectivity index (χ1) is 10.3. The first kappa shape index (κ1) is 12.7. The number of fused-ring (bicyclic) bond motifs is 2. The van der Waals surface area contributed by atoms with Gasteiger partial charge < -0.3 is 4.57 Å². The summed E-state index contributed by atoms with van der Waals surface area (Å²) >= 11 is 0. The minimum absolute atomic E-state index is 0.479. The first-order valence-corrected chi connectivity index (χ1v) is 7.68. The molecular weight excluding hydrogens is 256 g/mol. The number of hydrogen-bond donors (Lipinski definition) is 0. The molecule has 0 unspecified atom stereocenters. The van der Waals surface area contributed by atoms with Crippen LogP contribution in [0.2, 0.25) is 0 Å². The van der Waals surface area contributed by atoms with Crippen LogP contribution in [0.4, 0.5) is 0 Å². The Morgan fingerprint density at radius 2 is 1.81 bits per heavy atom. The molecule has 1 atom stereocenters. The van der Waals surface area contributed by atoms with E-state index in [1.165, 1.54) is 22.0 Å². The average Bonchev–Trinajstić information content (AvgIpc) is 3.00. The van der Waals surface area contributed by atoms with Crippen LogP contribution in [-0.2, 0) is 13.1 Å². The number of hydrogen-bond acceptors (Lipinski definition) is 1. The van der Waals surface area contributed by atoms with Crippen LogP contribution in [0.1, 0.15) is 24.2 Å². The Hall–Kier alpha value is -2.06. The maximum absolute atomic E-state index is 2.58. The summed E-state index contributed by atoms with van der Waals surface area (Å²) in [5.74, 6) is 0. The van der Waals surface area contributed by atoms with Gasteiger partial charge in [0.2, 0.25) is 0 Å². The van der Waals surface area contributed by atoms with Gasteiger partial charge in [-0.15, -0.1) is 0 Å². The SMILES string of the molecule is C[C@@H]1c2cccn2CCN1Cc1cccc2ccccc12. The Bertz CT molecular complexity index is 767. The van der Waals surface area contributed by atoms with Crippen LogP contribution >= 0.6 is 0 Å². The third-order valence-electron chi connectivity index (χ3n) is 4.72. The summed E-state index contributed by atoms with van der Waals surface area (Å²) in [7, 11) is 0. The Morgan fingerprint density at radius 1 is 0.952 bits per heavy atom. The van der Waals surface area contributed by atoms with Crippen LogP contribution in [0.25, 0.3) is 10.8 Å². The van der Waals surface area contributed by atoms with Crippen molar-refractivity contribution in [1.82, 2.24) is 9.47 Å². The van der Waals surface area contributed by atoms with Gasteiger partial charge in [-0.25, -0.2) is 0 Å². The molecule has 0 saturated carbocycles. The highest BCUT2D eigenvalue weighted by molar-refractivity contribution is 5.85. The van der Waals surface area contributed by atoms with E-state index in [1.54, 1.807) is 0 Å². The van der Waals surface area contributed by atoms with E-state index in [0.29, 0.717) is 6.04 Å². The van der Waals surface area contributed by atoms with Crippen LogP contribution in [0.5, 0.6) is 0 Å². The maximum atomic E-state index is 2.58. The maximum Gasteiger partial charge on any atom is 0.0476 e. The Labute approximate surface area is 125 Å². The molecule has 21 heavy (non-hydrogen) atoms. The van der Waals surface area contributed by atoms with Crippen molar-refractivity contribution in [3.8, 4) is 0 Å². The standard InChI is InChI=1S/C19H20N2/c1-15-19-10-5-11-20(19)12-13-21(15)14-17-8-4-7-16-6-2-3-9-18(16)17/h2-11,15H,12-14H2,1H3/t15-/m1/s1. The fraction of sp³-hybridized carbons (Fsp3) is 0.263. The summed E-state index contributed by atoms with van der Waals surface area (Å²) in [6, 6.07) is 20.2. The fourth-order valence-corrected chi connectivity index (χ4v) is 3.49. The fourth-order valence-electron chi connectivity index (χ4n) is 3.49. The molecule has 0 spiro atoms. The van der Waals surface area contributed by atoms with Crippen LogP contribution in [-0.4, -0.2) is 16.0 Å². The van der Waals surface area contributed by atoms with E-state index >= 15 is 0 Å². The van der Waals surface area contributed by atoms with Gasteiger partial charge in [0.1, 0.15) is 0 Å². The van der Waals surface area contributed by atoms with E-state index in [-0.39, 0.29) is 0 Å². The average molecular weight is 276 g/mol. The normalized spacial score (nSPS) is 18.8. The lowest BCUT2D eigenvalue weighted by molar-refractivity contribution is 0.161. The third-order valence-corrected chi connectivity index (χ3v) is 4.72. The van der Waals surface area contributed by atoms with Crippen molar-refractivity contribution >= 4 is 10.8 Å². The molecule has 0 amide bonds. The van der Waals surface area contributed by atoms with Gasteiger partial charge in [0.25, 0.3) is 0 Å². The zero-order valence-electron chi connectivity index (χ0n) is 12.4. The molecule has 1 aliphatic heterocycles. The molecule has 0 aliphatic carbocycles. The van der Waals surface area contributed by atoms with Crippen LogP contribution < -0.4 is 0 Å². The molecule has 2 heterocycles. The molecule has 3 aromatic rings. The second kappa shape index (κ2) is 5.05. The van der Waals surface area contributed by atoms with Crippen molar-refractivity contribution in [2.45, 2.75) is 26.1 Å². The molecule has 1 aliphatic rings. The number of rotatable bonds is 2. The van der Waals surface area contributed by atoms with Gasteiger partial charge in [-0.05, 0) is 35.4 Å². The van der Waals surface area contributed by atoms with Gasteiger partial charge in [0.15, 0.2) is 0 Å². The third kappa shape index (κ3) is 2.16. The van der Waals surface area contributed by atoms with Gasteiger partial charge >= 0.3 is 0 Å². The Balaban J connectivity index is 1.67. The van der Waals surface area contributed by atoms with Gasteiger partial charge in [-0.1, -0.05) is 42.5 Å². The predicted molar refractivity (Wildman–Crippen MR) is 87.2 cm³/mol. The molecule has 2 aromatic carbocycles. The zero-order valence-corrected chi connectivity index (χ0v) is 12.4. The first-order valence-electron chi connectivity index (χ1n) is 7.68. The monoisotopic (exact) mass is 276 g/mol. The van der Waals surface area contributed by atoms with Crippen molar-refractivity contribution in [2.75, 3.05) is 6.54 Å². The number of aromatic nitrogens is 1. The van der Waals surface area contributed by atoms with Gasteiger partial charge in [0, 0.05) is 37.6 Å². The minimum Gasteiger partial charge on any atom is -0.349 e. The zero-order chi connectivity index (χ0) is 14.2. The van der Waals surface area contributed by atoms with Crippen LogP contribution in [0.15, 0.2) is 60.8 Å². The van der Waals surface area contributed by atoms with Crippen LogP contribution in [0, 0.1) is 0 Å². The molecule has 106 valence electrons. The second-order valence-electron chi connectivity index (χ2n) is 5.91. The minimum atomic E-state index is 0.479. The van der Waals surface area contributed by atoms with Crippen molar-refractivity contribution in [2.24, 2.45) is 0 Å². The van der Waals surface area contributed by atoms with Crippen molar-refractivity contribution < 1.29 is 0 Å². The highest BCUT2D eigenvalue weighted by Gasteiger charge is 2.23. The largest absolute Gasteiger partial charge is 0.349 e. The summed E-state index contributed by atoms with van der Waals surface area (Å²) in [5, 5.41) is 2.72. The summed E-state index contributed by atoms with van der Waals surface area (Å²) in [4.78, 5) is 2.58. The van der Waals surface area contributed by atoms with Gasteiger partial charge in [-0.3, -0.25) is 4.90 Å². The molecule has 4 rings (SSSR count). The van der Waals surface area contributed by atoms with Gasteiger partial charge in [-0.2, -0.15) is 0 Å². The lowest BCUT2D eigenvalue weighted by atomic mass is 10.0. The molecular formula is C19H20N2. The van der Waals surface area contributed by atoms with E-state index in [1.807, 2.05) is 0 Å². The lowest BCUT2D eigenvalue weighted by Crippen LogP contribution is -2.35. The molecule has 0 saturated heterocycles. The molecule has 2 heteroatoms.